The molecule has 0 fully saturated rings. The van der Waals surface area contributed by atoms with Gasteiger partial charge in [0.1, 0.15) is 0 Å². The van der Waals surface area contributed by atoms with Crippen molar-refractivity contribution in [3.8, 4) is 5.69 Å². The fourth-order valence-corrected chi connectivity index (χ4v) is 1.83. The fourth-order valence-electron chi connectivity index (χ4n) is 1.83. The van der Waals surface area contributed by atoms with Crippen LogP contribution >= 0.6 is 0 Å². The molecule has 6 heteroatoms. The summed E-state index contributed by atoms with van der Waals surface area (Å²) in [4.78, 5) is 4.11. The number of anilines is 1. The molecule has 0 saturated heterocycles. The number of nitrogens with zero attached hydrogens (tertiary/aromatic N) is 4. The number of benzene rings is 1. The standard InChI is InChI=1S/C13H13N5O/c1-10-16-13(19-17-10)14-9-11-5-2-3-6-12(11)18-8-4-7-15-18/h2-8H,9H2,1H3,(H,14,16,17). The van der Waals surface area contributed by atoms with Crippen molar-refractivity contribution < 1.29 is 4.52 Å². The van der Waals surface area contributed by atoms with Gasteiger partial charge < -0.3 is 9.84 Å². The normalized spacial score (nSPS) is 10.6. The quantitative estimate of drug-likeness (QED) is 0.773. The number of hydrogen-bond donors (Lipinski definition) is 1. The van der Waals surface area contributed by atoms with Crippen LogP contribution in [0.25, 0.3) is 5.69 Å². The molecule has 0 spiro atoms. The van der Waals surface area contributed by atoms with Gasteiger partial charge in [0.2, 0.25) is 0 Å². The Bertz CT molecular complexity index is 659. The third kappa shape index (κ3) is 2.47. The molecule has 3 rings (SSSR count). The summed E-state index contributed by atoms with van der Waals surface area (Å²) < 4.78 is 6.85. The minimum absolute atomic E-state index is 0.424. The predicted molar refractivity (Wildman–Crippen MR) is 69.9 cm³/mol. The summed E-state index contributed by atoms with van der Waals surface area (Å²) in [7, 11) is 0. The Balaban J connectivity index is 1.81. The van der Waals surface area contributed by atoms with Crippen LogP contribution in [0.3, 0.4) is 0 Å². The molecule has 2 heterocycles. The van der Waals surface area contributed by atoms with Crippen LogP contribution < -0.4 is 5.32 Å². The lowest BCUT2D eigenvalue weighted by Crippen LogP contribution is -2.05. The van der Waals surface area contributed by atoms with Crippen molar-refractivity contribution in [3.63, 3.8) is 0 Å². The molecule has 96 valence electrons. The maximum atomic E-state index is 5.02. The molecule has 0 aliphatic carbocycles. The summed E-state index contributed by atoms with van der Waals surface area (Å²) >= 11 is 0. The molecular formula is C13H13N5O. The molecule has 0 bridgehead atoms. The van der Waals surface area contributed by atoms with Gasteiger partial charge in [-0.25, -0.2) is 4.68 Å². The lowest BCUT2D eigenvalue weighted by Gasteiger charge is -2.09. The Morgan fingerprint density at radius 3 is 2.89 bits per heavy atom. The molecule has 1 aromatic carbocycles. The molecule has 1 N–H and O–H groups in total. The van der Waals surface area contributed by atoms with Crippen molar-refractivity contribution in [1.29, 1.82) is 0 Å². The zero-order chi connectivity index (χ0) is 13.1. The lowest BCUT2D eigenvalue weighted by atomic mass is 10.2. The highest BCUT2D eigenvalue weighted by atomic mass is 16.5. The van der Waals surface area contributed by atoms with Crippen molar-refractivity contribution in [2.75, 3.05) is 5.32 Å². The van der Waals surface area contributed by atoms with Gasteiger partial charge >= 0.3 is 6.01 Å². The van der Waals surface area contributed by atoms with Crippen LogP contribution in [-0.2, 0) is 6.54 Å². The Morgan fingerprint density at radius 1 is 1.26 bits per heavy atom. The molecular weight excluding hydrogens is 242 g/mol. The zero-order valence-corrected chi connectivity index (χ0v) is 10.4. The number of nitrogens with one attached hydrogen (secondary N) is 1. The van der Waals surface area contributed by atoms with Gasteiger partial charge in [-0.1, -0.05) is 23.4 Å². The third-order valence-corrected chi connectivity index (χ3v) is 2.70. The highest BCUT2D eigenvalue weighted by molar-refractivity contribution is 5.41. The highest BCUT2D eigenvalue weighted by Crippen LogP contribution is 2.15. The summed E-state index contributed by atoms with van der Waals surface area (Å²) in [6, 6.07) is 10.3. The van der Waals surface area contributed by atoms with E-state index in [-0.39, 0.29) is 0 Å². The van der Waals surface area contributed by atoms with Crippen molar-refractivity contribution in [2.24, 2.45) is 0 Å². The highest BCUT2D eigenvalue weighted by Gasteiger charge is 2.06. The van der Waals surface area contributed by atoms with Gasteiger partial charge in [-0.2, -0.15) is 10.1 Å². The average Bonchev–Trinajstić information content (AvgIpc) is 3.08. The molecule has 3 aromatic rings. The second-order valence-corrected chi connectivity index (χ2v) is 4.08. The first kappa shape index (κ1) is 11.5. The number of aryl methyl sites for hydroxylation is 1. The largest absolute Gasteiger partial charge is 0.334 e. The SMILES string of the molecule is Cc1noc(NCc2ccccc2-n2cccn2)n1. The predicted octanol–water partition coefficient (Wildman–Crippen LogP) is 2.18. The Kier molecular flexibility index (Phi) is 2.97. The molecule has 0 saturated carbocycles. The van der Waals surface area contributed by atoms with Crippen LogP contribution in [0.15, 0.2) is 47.2 Å². The van der Waals surface area contributed by atoms with Crippen molar-refractivity contribution >= 4 is 6.01 Å². The van der Waals surface area contributed by atoms with Gasteiger partial charge in [0, 0.05) is 18.9 Å². The van der Waals surface area contributed by atoms with E-state index in [4.69, 9.17) is 4.52 Å². The van der Waals surface area contributed by atoms with E-state index in [1.807, 2.05) is 41.2 Å². The van der Waals surface area contributed by atoms with E-state index in [9.17, 15) is 0 Å². The summed E-state index contributed by atoms with van der Waals surface area (Å²) in [5, 5.41) is 11.1. The second kappa shape index (κ2) is 4.93. The Labute approximate surface area is 110 Å². The average molecular weight is 255 g/mol. The maximum absolute atomic E-state index is 5.02. The number of rotatable bonds is 4. The number of hydrogen-bond acceptors (Lipinski definition) is 5. The van der Waals surface area contributed by atoms with Crippen LogP contribution in [0.4, 0.5) is 6.01 Å². The fraction of sp³-hybridized carbons (Fsp3) is 0.154. The van der Waals surface area contributed by atoms with Crippen LogP contribution in [0, 0.1) is 6.92 Å². The van der Waals surface area contributed by atoms with Gasteiger partial charge in [-0.15, -0.1) is 0 Å². The van der Waals surface area contributed by atoms with Crippen LogP contribution in [-0.4, -0.2) is 19.9 Å². The van der Waals surface area contributed by atoms with E-state index in [0.29, 0.717) is 18.4 Å². The minimum Gasteiger partial charge on any atom is -0.334 e. The smallest absolute Gasteiger partial charge is 0.321 e. The Hall–Kier alpha value is -2.63. The van der Waals surface area contributed by atoms with E-state index >= 15 is 0 Å². The first-order valence-corrected chi connectivity index (χ1v) is 5.95. The first-order chi connectivity index (χ1) is 9.33. The second-order valence-electron chi connectivity index (χ2n) is 4.08. The van der Waals surface area contributed by atoms with Crippen LogP contribution in [0.2, 0.25) is 0 Å². The molecule has 0 atom stereocenters. The monoisotopic (exact) mass is 255 g/mol. The van der Waals surface area contributed by atoms with Gasteiger partial charge in [0.25, 0.3) is 0 Å². The van der Waals surface area contributed by atoms with E-state index in [0.717, 1.165) is 11.3 Å². The van der Waals surface area contributed by atoms with E-state index in [2.05, 4.69) is 20.6 Å². The molecule has 2 aromatic heterocycles. The van der Waals surface area contributed by atoms with Crippen molar-refractivity contribution in [3.05, 3.63) is 54.1 Å². The Morgan fingerprint density at radius 2 is 2.16 bits per heavy atom. The summed E-state index contributed by atoms with van der Waals surface area (Å²) in [6.45, 7) is 2.38. The maximum Gasteiger partial charge on any atom is 0.321 e. The minimum atomic E-state index is 0.424. The molecule has 19 heavy (non-hydrogen) atoms. The summed E-state index contributed by atoms with van der Waals surface area (Å²) in [5.74, 6) is 0.614. The van der Waals surface area contributed by atoms with Crippen LogP contribution in [0.5, 0.6) is 0 Å². The van der Waals surface area contributed by atoms with Gasteiger partial charge in [0.15, 0.2) is 5.82 Å². The molecule has 0 aliphatic heterocycles. The topological polar surface area (TPSA) is 68.8 Å². The first-order valence-electron chi connectivity index (χ1n) is 5.95. The molecule has 6 nitrogen and oxygen atoms in total. The molecule has 0 radical (unpaired) electrons. The lowest BCUT2D eigenvalue weighted by molar-refractivity contribution is 0.425. The summed E-state index contributed by atoms with van der Waals surface area (Å²) in [5.41, 5.74) is 2.12. The molecule has 0 aliphatic rings. The van der Waals surface area contributed by atoms with Crippen molar-refractivity contribution in [2.45, 2.75) is 13.5 Å². The molecule has 0 unspecified atom stereocenters. The van der Waals surface area contributed by atoms with Crippen molar-refractivity contribution in [1.82, 2.24) is 19.9 Å². The van der Waals surface area contributed by atoms with Gasteiger partial charge in [-0.3, -0.25) is 0 Å². The summed E-state index contributed by atoms with van der Waals surface area (Å²) in [6.07, 6.45) is 3.67. The number of para-hydroxylation sites is 1. The number of aromatic nitrogens is 4. The van der Waals surface area contributed by atoms with E-state index in [1.54, 1.807) is 13.1 Å². The van der Waals surface area contributed by atoms with E-state index in [1.165, 1.54) is 0 Å². The van der Waals surface area contributed by atoms with E-state index < -0.39 is 0 Å². The van der Waals surface area contributed by atoms with Crippen LogP contribution in [0.1, 0.15) is 11.4 Å². The zero-order valence-electron chi connectivity index (χ0n) is 10.4. The van der Waals surface area contributed by atoms with Gasteiger partial charge in [-0.05, 0) is 24.6 Å². The van der Waals surface area contributed by atoms with Gasteiger partial charge in [0.05, 0.1) is 5.69 Å². The third-order valence-electron chi connectivity index (χ3n) is 2.70. The molecule has 0 amide bonds.